The Kier molecular flexibility index (Phi) is 4.70. The topological polar surface area (TPSA) is 66.9 Å². The molecule has 142 valence electrons. The lowest BCUT2D eigenvalue weighted by molar-refractivity contribution is 0.0726. The van der Waals surface area contributed by atoms with Gasteiger partial charge in [-0.2, -0.15) is 0 Å². The van der Waals surface area contributed by atoms with Crippen molar-refractivity contribution in [3.8, 4) is 0 Å². The van der Waals surface area contributed by atoms with Gasteiger partial charge in [0.05, 0.1) is 11.4 Å². The molecule has 1 aliphatic heterocycles. The summed E-state index contributed by atoms with van der Waals surface area (Å²) in [5.74, 6) is 0.851. The number of hydrogen-bond donors (Lipinski definition) is 0. The maximum Gasteiger partial charge on any atom is 0.291 e. The number of amides is 1. The second-order valence-corrected chi connectivity index (χ2v) is 7.27. The van der Waals surface area contributed by atoms with Crippen molar-refractivity contribution in [2.24, 2.45) is 0 Å². The molecule has 0 N–H and O–H groups in total. The van der Waals surface area contributed by atoms with Gasteiger partial charge in [-0.15, -0.1) is 0 Å². The fourth-order valence-corrected chi connectivity index (χ4v) is 3.67. The predicted octanol–water partition coefficient (Wildman–Crippen LogP) is 2.60. The summed E-state index contributed by atoms with van der Waals surface area (Å²) in [5, 5.41) is 0. The monoisotopic (exact) mass is 367 g/mol. The van der Waals surface area contributed by atoms with Crippen molar-refractivity contribution in [1.82, 2.24) is 24.2 Å². The molecule has 1 amide bonds. The van der Waals surface area contributed by atoms with Crippen molar-refractivity contribution in [3.63, 3.8) is 0 Å². The quantitative estimate of drug-likeness (QED) is 0.712. The van der Waals surface area contributed by atoms with E-state index in [-0.39, 0.29) is 5.91 Å². The molecule has 0 radical (unpaired) electrons. The number of aryl methyl sites for hydroxylation is 3. The molecule has 0 saturated carbocycles. The number of oxazole rings is 1. The Labute approximate surface area is 158 Å². The van der Waals surface area contributed by atoms with Gasteiger partial charge in [-0.3, -0.25) is 9.69 Å². The van der Waals surface area contributed by atoms with E-state index in [1.54, 1.807) is 6.92 Å². The Morgan fingerprint density at radius 1 is 1.07 bits per heavy atom. The number of hydrogen-bond acceptors (Lipinski definition) is 5. The molecule has 27 heavy (non-hydrogen) atoms. The molecule has 0 atom stereocenters. The molecule has 7 nitrogen and oxygen atoms in total. The van der Waals surface area contributed by atoms with Crippen LogP contribution in [0.15, 0.2) is 28.9 Å². The van der Waals surface area contributed by atoms with Crippen molar-refractivity contribution in [3.05, 3.63) is 53.1 Å². The number of aromatic nitrogens is 3. The second kappa shape index (κ2) is 7.15. The van der Waals surface area contributed by atoms with E-state index in [1.807, 2.05) is 17.9 Å². The maximum absolute atomic E-state index is 12.8. The molecule has 0 spiro atoms. The van der Waals surface area contributed by atoms with E-state index in [1.165, 1.54) is 5.56 Å². The molecule has 7 heteroatoms. The number of carbonyl (C=O) groups excluding carboxylic acids is 1. The molecule has 1 aliphatic rings. The first kappa shape index (κ1) is 17.7. The summed E-state index contributed by atoms with van der Waals surface area (Å²) in [5.41, 5.74) is 3.91. The highest BCUT2D eigenvalue weighted by Crippen LogP contribution is 2.16. The Morgan fingerprint density at radius 2 is 1.93 bits per heavy atom. The number of nitrogens with zero attached hydrogens (tertiary/aromatic N) is 5. The highest BCUT2D eigenvalue weighted by atomic mass is 16.4. The van der Waals surface area contributed by atoms with Crippen LogP contribution in [0.1, 0.15) is 39.8 Å². The van der Waals surface area contributed by atoms with E-state index in [2.05, 4.69) is 39.7 Å². The normalized spacial score (nSPS) is 16.0. The van der Waals surface area contributed by atoms with Crippen LogP contribution in [0.5, 0.6) is 0 Å². The van der Waals surface area contributed by atoms with Crippen LogP contribution in [0, 0.1) is 20.8 Å². The van der Waals surface area contributed by atoms with Crippen LogP contribution >= 0.6 is 0 Å². The summed E-state index contributed by atoms with van der Waals surface area (Å²) in [4.78, 5) is 25.9. The SMILES string of the molecule is Cc1ccc2nc(CN3CCCN(C(=O)c4oc(C)nc4C)CC3)cn2c1. The molecular weight excluding hydrogens is 342 g/mol. The van der Waals surface area contributed by atoms with E-state index in [4.69, 9.17) is 9.40 Å². The van der Waals surface area contributed by atoms with Gasteiger partial charge in [-0.25, -0.2) is 9.97 Å². The van der Waals surface area contributed by atoms with Crippen molar-refractivity contribution < 1.29 is 9.21 Å². The van der Waals surface area contributed by atoms with E-state index < -0.39 is 0 Å². The van der Waals surface area contributed by atoms with Gasteiger partial charge in [0.1, 0.15) is 5.65 Å². The maximum atomic E-state index is 12.8. The average molecular weight is 367 g/mol. The van der Waals surface area contributed by atoms with E-state index in [0.29, 0.717) is 23.9 Å². The van der Waals surface area contributed by atoms with Crippen molar-refractivity contribution >= 4 is 11.6 Å². The van der Waals surface area contributed by atoms with Crippen LogP contribution in [-0.2, 0) is 6.54 Å². The smallest absolute Gasteiger partial charge is 0.291 e. The van der Waals surface area contributed by atoms with Gasteiger partial charge in [0.15, 0.2) is 5.89 Å². The first-order valence-corrected chi connectivity index (χ1v) is 9.39. The van der Waals surface area contributed by atoms with Crippen LogP contribution in [-0.4, -0.2) is 56.3 Å². The van der Waals surface area contributed by atoms with Crippen LogP contribution in [0.3, 0.4) is 0 Å². The minimum Gasteiger partial charge on any atom is -0.436 e. The van der Waals surface area contributed by atoms with E-state index in [0.717, 1.165) is 43.9 Å². The Bertz CT molecular complexity index is 974. The molecule has 3 aromatic heterocycles. The number of fused-ring (bicyclic) bond motifs is 1. The summed E-state index contributed by atoms with van der Waals surface area (Å²) in [7, 11) is 0. The van der Waals surface area contributed by atoms with Gasteiger partial charge in [0, 0.05) is 52.0 Å². The molecule has 1 fully saturated rings. The first-order chi connectivity index (χ1) is 13.0. The minimum absolute atomic E-state index is 0.0573. The lowest BCUT2D eigenvalue weighted by atomic mass is 10.3. The molecule has 4 rings (SSSR count). The van der Waals surface area contributed by atoms with E-state index >= 15 is 0 Å². The minimum atomic E-state index is -0.0573. The van der Waals surface area contributed by atoms with Crippen molar-refractivity contribution in [1.29, 1.82) is 0 Å². The van der Waals surface area contributed by atoms with Gasteiger partial charge >= 0.3 is 0 Å². The van der Waals surface area contributed by atoms with Gasteiger partial charge in [-0.1, -0.05) is 6.07 Å². The van der Waals surface area contributed by atoms with Crippen LogP contribution < -0.4 is 0 Å². The summed E-state index contributed by atoms with van der Waals surface area (Å²) in [6.45, 7) is 9.66. The molecule has 4 heterocycles. The van der Waals surface area contributed by atoms with Gasteiger partial charge in [0.25, 0.3) is 5.91 Å². The highest BCUT2D eigenvalue weighted by Gasteiger charge is 2.25. The van der Waals surface area contributed by atoms with Gasteiger partial charge in [0.2, 0.25) is 5.76 Å². The molecule has 0 aliphatic carbocycles. The van der Waals surface area contributed by atoms with Gasteiger partial charge in [-0.05, 0) is 31.9 Å². The number of pyridine rings is 1. The lowest BCUT2D eigenvalue weighted by Crippen LogP contribution is -2.35. The summed E-state index contributed by atoms with van der Waals surface area (Å²) in [6, 6.07) is 4.12. The highest BCUT2D eigenvalue weighted by molar-refractivity contribution is 5.92. The van der Waals surface area contributed by atoms with Crippen LogP contribution in [0.2, 0.25) is 0 Å². The fraction of sp³-hybridized carbons (Fsp3) is 0.450. The summed E-state index contributed by atoms with van der Waals surface area (Å²) in [6.07, 6.45) is 5.12. The largest absolute Gasteiger partial charge is 0.436 e. The van der Waals surface area contributed by atoms with E-state index in [9.17, 15) is 4.79 Å². The number of carbonyl (C=O) groups is 1. The van der Waals surface area contributed by atoms with Crippen LogP contribution in [0.25, 0.3) is 5.65 Å². The molecule has 1 saturated heterocycles. The van der Waals surface area contributed by atoms with Gasteiger partial charge < -0.3 is 13.7 Å². The second-order valence-electron chi connectivity index (χ2n) is 7.27. The predicted molar refractivity (Wildman–Crippen MR) is 102 cm³/mol. The molecular formula is C20H25N5O2. The average Bonchev–Trinajstić information content (AvgIpc) is 3.08. The van der Waals surface area contributed by atoms with Crippen LogP contribution in [0.4, 0.5) is 0 Å². The third kappa shape index (κ3) is 3.73. The number of imidazole rings is 1. The molecule has 0 aromatic carbocycles. The molecule has 0 unspecified atom stereocenters. The lowest BCUT2D eigenvalue weighted by Gasteiger charge is -2.20. The standard InChI is InChI=1S/C20H25N5O2/c1-14-5-6-18-22-17(13-25(18)11-14)12-23-7-4-8-24(10-9-23)20(26)19-15(2)21-16(3)27-19/h5-6,11,13H,4,7-10,12H2,1-3H3. The Morgan fingerprint density at radius 3 is 2.70 bits per heavy atom. The summed E-state index contributed by atoms with van der Waals surface area (Å²) < 4.78 is 7.58. The zero-order chi connectivity index (χ0) is 19.0. The third-order valence-electron chi connectivity index (χ3n) is 5.01. The Hall–Kier alpha value is -2.67. The third-order valence-corrected chi connectivity index (χ3v) is 5.01. The Balaban J connectivity index is 1.42. The molecule has 3 aromatic rings. The number of rotatable bonds is 3. The van der Waals surface area contributed by atoms with Crippen molar-refractivity contribution in [2.75, 3.05) is 26.2 Å². The molecule has 0 bridgehead atoms. The van der Waals surface area contributed by atoms with Crippen molar-refractivity contribution in [2.45, 2.75) is 33.7 Å². The zero-order valence-corrected chi connectivity index (χ0v) is 16.1. The summed E-state index contributed by atoms with van der Waals surface area (Å²) >= 11 is 0. The zero-order valence-electron chi connectivity index (χ0n) is 16.1. The fourth-order valence-electron chi connectivity index (χ4n) is 3.67. The first-order valence-electron chi connectivity index (χ1n) is 9.39.